The number of aliphatic hydroxyl groups excluding tert-OH is 1. The normalized spacial score (nSPS) is 28.9. The molecule has 3 atom stereocenters. The maximum Gasteiger partial charge on any atom is 0.244 e. The third-order valence-corrected chi connectivity index (χ3v) is 4.01. The molecule has 3 nitrogen and oxygen atoms in total. The van der Waals surface area contributed by atoms with Gasteiger partial charge < -0.3 is 10.8 Å². The number of nitrogens with two attached hydrogens (primary N) is 1. The van der Waals surface area contributed by atoms with E-state index in [1.165, 1.54) is 12.8 Å². The molecule has 0 radical (unpaired) electrons. The van der Waals surface area contributed by atoms with Gasteiger partial charge in [0.1, 0.15) is 0 Å². The van der Waals surface area contributed by atoms with Crippen molar-refractivity contribution in [3.05, 3.63) is 11.6 Å². The topological polar surface area (TPSA) is 63.3 Å². The third-order valence-electron chi connectivity index (χ3n) is 4.01. The smallest absolute Gasteiger partial charge is 0.244 e. The van der Waals surface area contributed by atoms with Crippen LogP contribution in [0.15, 0.2) is 11.6 Å². The van der Waals surface area contributed by atoms with Crippen LogP contribution < -0.4 is 5.73 Å². The first-order valence-corrected chi connectivity index (χ1v) is 7.08. The Morgan fingerprint density at radius 3 is 2.67 bits per heavy atom. The Bertz CT molecular complexity index is 310. The van der Waals surface area contributed by atoms with Gasteiger partial charge in [0.25, 0.3) is 0 Å². The number of primary amides is 1. The van der Waals surface area contributed by atoms with Gasteiger partial charge in [0.05, 0.1) is 6.10 Å². The van der Waals surface area contributed by atoms with Crippen molar-refractivity contribution < 1.29 is 9.90 Å². The second-order valence-electron chi connectivity index (χ2n) is 6.02. The lowest BCUT2D eigenvalue weighted by Gasteiger charge is -2.19. The first-order valence-electron chi connectivity index (χ1n) is 7.08. The first kappa shape index (κ1) is 15.2. The van der Waals surface area contributed by atoms with Crippen LogP contribution in [0, 0.1) is 17.8 Å². The van der Waals surface area contributed by atoms with Gasteiger partial charge in [-0.15, -0.1) is 0 Å². The summed E-state index contributed by atoms with van der Waals surface area (Å²) in [7, 11) is 0. The van der Waals surface area contributed by atoms with Crippen LogP contribution in [0.25, 0.3) is 0 Å². The number of carbonyl (C=O) groups is 1. The van der Waals surface area contributed by atoms with E-state index in [4.69, 9.17) is 5.73 Å². The molecule has 1 amide bonds. The van der Waals surface area contributed by atoms with Crippen molar-refractivity contribution in [2.75, 3.05) is 0 Å². The molecule has 0 aliphatic heterocycles. The molecule has 18 heavy (non-hydrogen) atoms. The highest BCUT2D eigenvalue weighted by Gasteiger charge is 2.33. The lowest BCUT2D eigenvalue weighted by molar-refractivity contribution is -0.114. The largest absolute Gasteiger partial charge is 0.393 e. The second-order valence-corrected chi connectivity index (χ2v) is 6.02. The molecular formula is C15H27NO2. The molecule has 3 heteroatoms. The fourth-order valence-electron chi connectivity index (χ4n) is 2.83. The van der Waals surface area contributed by atoms with Gasteiger partial charge in [-0.1, -0.05) is 32.8 Å². The predicted molar refractivity (Wildman–Crippen MR) is 73.9 cm³/mol. The maximum absolute atomic E-state index is 11.1. The number of carbonyl (C=O) groups excluding carboxylic acids is 1. The second kappa shape index (κ2) is 6.93. The zero-order valence-electron chi connectivity index (χ0n) is 11.9. The fourth-order valence-corrected chi connectivity index (χ4v) is 2.83. The van der Waals surface area contributed by atoms with E-state index >= 15 is 0 Å². The molecule has 0 saturated heterocycles. The fraction of sp³-hybridized carbons (Fsp3) is 0.800. The lowest BCUT2D eigenvalue weighted by atomic mass is 9.87. The summed E-state index contributed by atoms with van der Waals surface area (Å²) in [5.74, 6) is 0.977. The minimum atomic E-state index is -0.380. The number of aliphatic hydroxyl groups is 1. The third kappa shape index (κ3) is 4.45. The van der Waals surface area contributed by atoms with E-state index in [0.29, 0.717) is 11.5 Å². The van der Waals surface area contributed by atoms with Gasteiger partial charge >= 0.3 is 0 Å². The molecule has 1 aliphatic rings. The number of rotatable bonds is 6. The van der Waals surface area contributed by atoms with Gasteiger partial charge in [0, 0.05) is 11.5 Å². The van der Waals surface area contributed by atoms with Crippen LogP contribution in [0.2, 0.25) is 0 Å². The summed E-state index contributed by atoms with van der Waals surface area (Å²) in [6.07, 6.45) is 7.07. The van der Waals surface area contributed by atoms with Crippen LogP contribution in [-0.4, -0.2) is 17.1 Å². The number of hydrogen-bond donors (Lipinski definition) is 2. The van der Waals surface area contributed by atoms with Gasteiger partial charge in [0.15, 0.2) is 0 Å². The van der Waals surface area contributed by atoms with E-state index in [0.717, 1.165) is 25.2 Å². The number of amides is 1. The van der Waals surface area contributed by atoms with Crippen molar-refractivity contribution >= 4 is 5.91 Å². The van der Waals surface area contributed by atoms with Gasteiger partial charge in [-0.2, -0.15) is 0 Å². The van der Waals surface area contributed by atoms with Gasteiger partial charge in [-0.05, 0) is 38.0 Å². The van der Waals surface area contributed by atoms with Crippen LogP contribution in [0.5, 0.6) is 0 Å². The van der Waals surface area contributed by atoms with E-state index in [1.54, 1.807) is 6.92 Å². The highest BCUT2D eigenvalue weighted by Crippen LogP contribution is 2.37. The van der Waals surface area contributed by atoms with Crippen LogP contribution in [0.1, 0.15) is 52.9 Å². The van der Waals surface area contributed by atoms with Crippen molar-refractivity contribution in [1.82, 2.24) is 0 Å². The molecule has 1 aliphatic carbocycles. The Morgan fingerprint density at radius 2 is 2.11 bits per heavy atom. The van der Waals surface area contributed by atoms with Crippen LogP contribution in [0.3, 0.4) is 0 Å². The highest BCUT2D eigenvalue weighted by atomic mass is 16.3. The summed E-state index contributed by atoms with van der Waals surface area (Å²) < 4.78 is 0. The summed E-state index contributed by atoms with van der Waals surface area (Å²) in [4.78, 5) is 11.1. The number of hydrogen-bond acceptors (Lipinski definition) is 2. The Morgan fingerprint density at radius 1 is 1.44 bits per heavy atom. The molecule has 1 rings (SSSR count). The molecule has 3 N–H and O–H groups in total. The molecule has 0 bridgehead atoms. The molecule has 0 aromatic heterocycles. The average Bonchev–Trinajstić information content (AvgIpc) is 2.60. The molecule has 0 aromatic rings. The Labute approximate surface area is 110 Å². The minimum Gasteiger partial charge on any atom is -0.393 e. The highest BCUT2D eigenvalue weighted by molar-refractivity contribution is 5.91. The summed E-state index contributed by atoms with van der Waals surface area (Å²) in [5, 5.41) is 10.0. The SMILES string of the molecule is C/C(=C\C1C(O)CCC1CCCC(C)C)C(N)=O. The van der Waals surface area contributed by atoms with Crippen molar-refractivity contribution in [3.8, 4) is 0 Å². The summed E-state index contributed by atoms with van der Waals surface area (Å²) in [6, 6.07) is 0. The van der Waals surface area contributed by atoms with Crippen LogP contribution in [0.4, 0.5) is 0 Å². The van der Waals surface area contributed by atoms with Gasteiger partial charge in [-0.25, -0.2) is 0 Å². The molecule has 1 saturated carbocycles. The lowest BCUT2D eigenvalue weighted by Crippen LogP contribution is -2.20. The van der Waals surface area contributed by atoms with E-state index in [9.17, 15) is 9.90 Å². The zero-order chi connectivity index (χ0) is 13.7. The summed E-state index contributed by atoms with van der Waals surface area (Å²) >= 11 is 0. The van der Waals surface area contributed by atoms with Crippen LogP contribution in [-0.2, 0) is 4.79 Å². The van der Waals surface area contributed by atoms with E-state index in [1.807, 2.05) is 6.08 Å². The average molecular weight is 253 g/mol. The van der Waals surface area contributed by atoms with Crippen molar-refractivity contribution in [2.45, 2.75) is 59.0 Å². The van der Waals surface area contributed by atoms with Gasteiger partial charge in [-0.3, -0.25) is 4.79 Å². The van der Waals surface area contributed by atoms with Crippen molar-refractivity contribution in [3.63, 3.8) is 0 Å². The van der Waals surface area contributed by atoms with Crippen molar-refractivity contribution in [2.24, 2.45) is 23.5 Å². The molecule has 104 valence electrons. The maximum atomic E-state index is 11.1. The molecular weight excluding hydrogens is 226 g/mol. The molecule has 1 fully saturated rings. The molecule has 0 aromatic carbocycles. The van der Waals surface area contributed by atoms with Gasteiger partial charge in [0.2, 0.25) is 5.91 Å². The Kier molecular flexibility index (Phi) is 5.86. The van der Waals surface area contributed by atoms with E-state index in [2.05, 4.69) is 13.8 Å². The zero-order valence-corrected chi connectivity index (χ0v) is 11.9. The Hall–Kier alpha value is -0.830. The molecule has 0 spiro atoms. The van der Waals surface area contributed by atoms with E-state index in [-0.39, 0.29) is 17.9 Å². The monoisotopic (exact) mass is 253 g/mol. The van der Waals surface area contributed by atoms with Crippen LogP contribution >= 0.6 is 0 Å². The standard InChI is InChI=1S/C15H27NO2/c1-10(2)5-4-6-12-7-8-14(17)13(12)9-11(3)15(16)18/h9-10,12-14,17H,4-8H2,1-3H3,(H2,16,18)/b11-9+. The molecule has 0 heterocycles. The quantitative estimate of drug-likeness (QED) is 0.715. The summed E-state index contributed by atoms with van der Waals surface area (Å²) in [5.41, 5.74) is 5.83. The Balaban J connectivity index is 2.56. The minimum absolute atomic E-state index is 0.115. The van der Waals surface area contributed by atoms with E-state index < -0.39 is 0 Å². The first-order chi connectivity index (χ1) is 8.41. The van der Waals surface area contributed by atoms with Crippen molar-refractivity contribution in [1.29, 1.82) is 0 Å². The molecule has 3 unspecified atom stereocenters. The summed E-state index contributed by atoms with van der Waals surface area (Å²) in [6.45, 7) is 6.20. The predicted octanol–water partition coefficient (Wildman–Crippen LogP) is 2.63.